The highest BCUT2D eigenvalue weighted by Gasteiger charge is 2.13. The highest BCUT2D eigenvalue weighted by molar-refractivity contribution is 7.90. The monoisotopic (exact) mass is 280 g/mol. The van der Waals surface area contributed by atoms with Gasteiger partial charge in [-0.05, 0) is 18.5 Å². The van der Waals surface area contributed by atoms with Gasteiger partial charge in [-0.3, -0.25) is 0 Å². The van der Waals surface area contributed by atoms with Crippen LogP contribution in [0.15, 0.2) is 0 Å². The SMILES string of the molecule is COc1nc(Cl)nc(NC(C)CS(C)(=O)=O)n1. The van der Waals surface area contributed by atoms with Crippen molar-refractivity contribution in [2.45, 2.75) is 13.0 Å². The standard InChI is InChI=1S/C8H13ClN4O3S/c1-5(4-17(3,14)15)10-7-11-6(9)12-8(13-7)16-2/h5H,4H2,1-3H3,(H,10,11,12,13). The average Bonchev–Trinajstić information content (AvgIpc) is 2.13. The van der Waals surface area contributed by atoms with Crippen molar-refractivity contribution in [1.29, 1.82) is 0 Å². The molecule has 1 aromatic heterocycles. The van der Waals surface area contributed by atoms with Gasteiger partial charge in [-0.1, -0.05) is 0 Å². The minimum Gasteiger partial charge on any atom is -0.467 e. The Morgan fingerprint density at radius 3 is 2.59 bits per heavy atom. The zero-order valence-electron chi connectivity index (χ0n) is 9.64. The molecule has 0 fully saturated rings. The molecular formula is C8H13ClN4O3S. The third-order valence-corrected chi connectivity index (χ3v) is 2.97. The van der Waals surface area contributed by atoms with Crippen LogP contribution < -0.4 is 10.1 Å². The first-order valence-electron chi connectivity index (χ1n) is 4.70. The van der Waals surface area contributed by atoms with E-state index in [-0.39, 0.29) is 29.0 Å². The predicted octanol–water partition coefficient (Wildman–Crippen LogP) is 0.379. The van der Waals surface area contributed by atoms with Gasteiger partial charge in [-0.25, -0.2) is 8.42 Å². The van der Waals surface area contributed by atoms with Crippen LogP contribution in [0.5, 0.6) is 6.01 Å². The van der Waals surface area contributed by atoms with Gasteiger partial charge < -0.3 is 10.1 Å². The molecule has 1 unspecified atom stereocenters. The first-order chi connectivity index (χ1) is 7.80. The molecule has 1 N–H and O–H groups in total. The summed E-state index contributed by atoms with van der Waals surface area (Å²) in [5.41, 5.74) is 0. The normalized spacial score (nSPS) is 13.2. The van der Waals surface area contributed by atoms with Crippen molar-refractivity contribution in [2.24, 2.45) is 0 Å². The number of methoxy groups -OCH3 is 1. The average molecular weight is 281 g/mol. The van der Waals surface area contributed by atoms with Crippen LogP contribution in [0.2, 0.25) is 5.28 Å². The summed E-state index contributed by atoms with van der Waals surface area (Å²) in [6.45, 7) is 1.70. The molecule has 0 aliphatic rings. The molecule has 0 radical (unpaired) electrons. The minimum absolute atomic E-state index is 0.0223. The van der Waals surface area contributed by atoms with Crippen molar-refractivity contribution in [3.8, 4) is 6.01 Å². The fourth-order valence-electron chi connectivity index (χ4n) is 1.20. The maximum Gasteiger partial charge on any atom is 0.322 e. The number of hydrogen-bond acceptors (Lipinski definition) is 7. The van der Waals surface area contributed by atoms with Crippen molar-refractivity contribution >= 4 is 27.4 Å². The van der Waals surface area contributed by atoms with Gasteiger partial charge in [0, 0.05) is 12.3 Å². The maximum atomic E-state index is 11.1. The van der Waals surface area contributed by atoms with Gasteiger partial charge >= 0.3 is 6.01 Å². The van der Waals surface area contributed by atoms with Crippen molar-refractivity contribution in [3.05, 3.63) is 5.28 Å². The summed E-state index contributed by atoms with van der Waals surface area (Å²) in [4.78, 5) is 11.4. The van der Waals surface area contributed by atoms with Crippen LogP contribution in [-0.4, -0.2) is 48.5 Å². The lowest BCUT2D eigenvalue weighted by Gasteiger charge is -2.12. The Bertz CT molecular complexity index is 494. The van der Waals surface area contributed by atoms with E-state index in [1.807, 2.05) is 0 Å². The van der Waals surface area contributed by atoms with Crippen LogP contribution in [0.1, 0.15) is 6.92 Å². The maximum absolute atomic E-state index is 11.1. The van der Waals surface area contributed by atoms with Gasteiger partial charge in [-0.15, -0.1) is 0 Å². The zero-order valence-corrected chi connectivity index (χ0v) is 11.2. The number of rotatable bonds is 5. The molecule has 1 atom stereocenters. The molecule has 0 amide bonds. The van der Waals surface area contributed by atoms with Crippen LogP contribution in [-0.2, 0) is 9.84 Å². The lowest BCUT2D eigenvalue weighted by atomic mass is 10.4. The van der Waals surface area contributed by atoms with Gasteiger partial charge in [-0.2, -0.15) is 15.0 Å². The fraction of sp³-hybridized carbons (Fsp3) is 0.625. The van der Waals surface area contributed by atoms with Crippen LogP contribution in [0.25, 0.3) is 0 Å². The molecular weight excluding hydrogens is 268 g/mol. The predicted molar refractivity (Wildman–Crippen MR) is 64.2 cm³/mol. The number of hydrogen-bond donors (Lipinski definition) is 1. The fourth-order valence-corrected chi connectivity index (χ4v) is 2.35. The Morgan fingerprint density at radius 2 is 2.06 bits per heavy atom. The number of nitrogens with zero attached hydrogens (tertiary/aromatic N) is 3. The Labute approximate surface area is 105 Å². The summed E-state index contributed by atoms with van der Waals surface area (Å²) in [5, 5.41) is 2.79. The van der Waals surface area contributed by atoms with E-state index >= 15 is 0 Å². The molecule has 0 aromatic carbocycles. The summed E-state index contributed by atoms with van der Waals surface area (Å²) in [7, 11) is -1.67. The second kappa shape index (κ2) is 5.46. The lowest BCUT2D eigenvalue weighted by molar-refractivity contribution is 0.378. The summed E-state index contributed by atoms with van der Waals surface area (Å²) >= 11 is 5.64. The van der Waals surface area contributed by atoms with E-state index in [9.17, 15) is 8.42 Å². The second-order valence-electron chi connectivity index (χ2n) is 3.55. The lowest BCUT2D eigenvalue weighted by Crippen LogP contribution is -2.26. The van der Waals surface area contributed by atoms with Crippen molar-refractivity contribution < 1.29 is 13.2 Å². The van der Waals surface area contributed by atoms with Crippen LogP contribution in [0.4, 0.5) is 5.95 Å². The molecule has 0 saturated carbocycles. The van der Waals surface area contributed by atoms with Gasteiger partial charge in [0.1, 0.15) is 9.84 Å². The van der Waals surface area contributed by atoms with E-state index in [4.69, 9.17) is 16.3 Å². The van der Waals surface area contributed by atoms with E-state index < -0.39 is 9.84 Å². The van der Waals surface area contributed by atoms with Gasteiger partial charge in [0.2, 0.25) is 11.2 Å². The Balaban J connectivity index is 2.77. The quantitative estimate of drug-likeness (QED) is 0.833. The largest absolute Gasteiger partial charge is 0.467 e. The Kier molecular flexibility index (Phi) is 4.47. The molecule has 0 spiro atoms. The van der Waals surface area contributed by atoms with Gasteiger partial charge in [0.05, 0.1) is 12.9 Å². The molecule has 1 heterocycles. The highest BCUT2D eigenvalue weighted by Crippen LogP contribution is 2.11. The van der Waals surface area contributed by atoms with E-state index in [1.165, 1.54) is 7.11 Å². The van der Waals surface area contributed by atoms with E-state index in [1.54, 1.807) is 6.92 Å². The van der Waals surface area contributed by atoms with Crippen molar-refractivity contribution in [3.63, 3.8) is 0 Å². The smallest absolute Gasteiger partial charge is 0.322 e. The Hall–Kier alpha value is -1.15. The van der Waals surface area contributed by atoms with E-state index in [0.29, 0.717) is 0 Å². The molecule has 7 nitrogen and oxygen atoms in total. The number of aromatic nitrogens is 3. The molecule has 0 aliphatic heterocycles. The third-order valence-electron chi connectivity index (χ3n) is 1.70. The molecule has 1 aromatic rings. The molecule has 1 rings (SSSR count). The molecule has 96 valence electrons. The summed E-state index contributed by atoms with van der Waals surface area (Å²) < 4.78 is 27.0. The number of sulfone groups is 1. The van der Waals surface area contributed by atoms with Crippen molar-refractivity contribution in [1.82, 2.24) is 15.0 Å². The highest BCUT2D eigenvalue weighted by atomic mass is 35.5. The van der Waals surface area contributed by atoms with Gasteiger partial charge in [0.25, 0.3) is 0 Å². The summed E-state index contributed by atoms with van der Waals surface area (Å²) in [5.74, 6) is 0.150. The Morgan fingerprint density at radius 1 is 1.41 bits per heavy atom. The number of halogens is 1. The number of anilines is 1. The van der Waals surface area contributed by atoms with Gasteiger partial charge in [0.15, 0.2) is 0 Å². The molecule has 0 bridgehead atoms. The van der Waals surface area contributed by atoms with E-state index in [2.05, 4.69) is 20.3 Å². The second-order valence-corrected chi connectivity index (χ2v) is 6.08. The molecule has 9 heteroatoms. The van der Waals surface area contributed by atoms with Crippen LogP contribution >= 0.6 is 11.6 Å². The minimum atomic E-state index is -3.07. The molecule has 17 heavy (non-hydrogen) atoms. The number of nitrogens with one attached hydrogen (secondary N) is 1. The first-order valence-corrected chi connectivity index (χ1v) is 7.14. The van der Waals surface area contributed by atoms with Crippen molar-refractivity contribution in [2.75, 3.05) is 24.4 Å². The molecule has 0 saturated heterocycles. The summed E-state index contributed by atoms with van der Waals surface area (Å²) in [6.07, 6.45) is 1.16. The van der Waals surface area contributed by atoms with E-state index in [0.717, 1.165) is 6.26 Å². The number of ether oxygens (including phenoxy) is 1. The zero-order chi connectivity index (χ0) is 13.1. The summed E-state index contributed by atoms with van der Waals surface area (Å²) in [6, 6.07) is -0.271. The van der Waals surface area contributed by atoms with Crippen LogP contribution in [0, 0.1) is 0 Å². The molecule has 0 aliphatic carbocycles. The topological polar surface area (TPSA) is 94.1 Å². The van der Waals surface area contributed by atoms with Crippen LogP contribution in [0.3, 0.4) is 0 Å². The third kappa shape index (κ3) is 5.14. The first kappa shape index (κ1) is 13.9.